The number of ether oxygens (including phenoxy) is 2. The summed E-state index contributed by atoms with van der Waals surface area (Å²) in [7, 11) is 3.09. The molecule has 1 N–H and O–H groups in total. The molecule has 0 amide bonds. The number of para-hydroxylation sites is 1. The van der Waals surface area contributed by atoms with Crippen LogP contribution in [-0.4, -0.2) is 49.9 Å². The summed E-state index contributed by atoms with van der Waals surface area (Å²) in [5.74, 6) is 0.577. The van der Waals surface area contributed by atoms with E-state index in [0.717, 1.165) is 50.1 Å². The van der Waals surface area contributed by atoms with Crippen molar-refractivity contribution < 1.29 is 19.4 Å². The molecule has 1 aliphatic rings. The lowest BCUT2D eigenvalue weighted by Crippen LogP contribution is -2.31. The predicted molar refractivity (Wildman–Crippen MR) is 119 cm³/mol. The van der Waals surface area contributed by atoms with Gasteiger partial charge in [0, 0.05) is 31.8 Å². The number of benzene rings is 2. The number of hydrogen-bond donors (Lipinski definition) is 1. The first-order valence-electron chi connectivity index (χ1n) is 10.5. The predicted octanol–water partition coefficient (Wildman–Crippen LogP) is 3.80. The van der Waals surface area contributed by atoms with E-state index in [1.807, 2.05) is 18.2 Å². The highest BCUT2D eigenvalue weighted by Gasteiger charge is 2.27. The second-order valence-corrected chi connectivity index (χ2v) is 7.54. The first-order chi connectivity index (χ1) is 14.7. The summed E-state index contributed by atoms with van der Waals surface area (Å²) in [4.78, 5) is 13.8. The molecule has 0 bridgehead atoms. The number of fused-ring (bicyclic) bond motifs is 1. The van der Waals surface area contributed by atoms with E-state index in [9.17, 15) is 9.90 Å². The fraction of sp³-hybridized carbons (Fsp3) is 0.400. The third kappa shape index (κ3) is 5.49. The third-order valence-electron chi connectivity index (χ3n) is 5.73. The van der Waals surface area contributed by atoms with Gasteiger partial charge in [0.05, 0.1) is 14.2 Å². The molecule has 1 atom stereocenters. The van der Waals surface area contributed by atoms with Crippen LogP contribution in [0.2, 0.25) is 0 Å². The highest BCUT2D eigenvalue weighted by Crippen LogP contribution is 2.37. The zero-order valence-electron chi connectivity index (χ0n) is 17.8. The molecule has 160 valence electrons. The molecule has 2 aromatic carbocycles. The number of hydrogen-bond acceptors (Lipinski definition) is 5. The van der Waals surface area contributed by atoms with E-state index >= 15 is 0 Å². The highest BCUT2D eigenvalue weighted by molar-refractivity contribution is 5.86. The third-order valence-corrected chi connectivity index (χ3v) is 5.73. The number of methoxy groups -OCH3 is 2. The fourth-order valence-electron chi connectivity index (χ4n) is 4.20. The van der Waals surface area contributed by atoms with Gasteiger partial charge in [-0.2, -0.15) is 0 Å². The van der Waals surface area contributed by atoms with Crippen molar-refractivity contribution in [2.24, 2.45) is 0 Å². The van der Waals surface area contributed by atoms with E-state index < -0.39 is 0 Å². The molecular weight excluding hydrogens is 378 g/mol. The van der Waals surface area contributed by atoms with Crippen LogP contribution < -0.4 is 4.74 Å². The van der Waals surface area contributed by atoms with Crippen LogP contribution in [0.3, 0.4) is 0 Å². The van der Waals surface area contributed by atoms with Crippen molar-refractivity contribution in [1.29, 1.82) is 0 Å². The van der Waals surface area contributed by atoms with Gasteiger partial charge in [0.1, 0.15) is 5.75 Å². The van der Waals surface area contributed by atoms with Crippen LogP contribution in [-0.2, 0) is 22.4 Å². The van der Waals surface area contributed by atoms with Gasteiger partial charge in [0.15, 0.2) is 0 Å². The Labute approximate surface area is 178 Å². The number of rotatable bonds is 10. The van der Waals surface area contributed by atoms with Gasteiger partial charge in [-0.15, -0.1) is 0 Å². The molecule has 0 fully saturated rings. The monoisotopic (exact) mass is 409 g/mol. The molecule has 2 aromatic rings. The Kier molecular flexibility index (Phi) is 8.05. The minimum Gasteiger partial charge on any atom is -0.496 e. The molecule has 0 spiro atoms. The first kappa shape index (κ1) is 22.1. The SMILES string of the molecule is COC(=O)C=Cc1ccc2c(c1)CCC2N(CCCO)CCc1ccccc1OC. The summed E-state index contributed by atoms with van der Waals surface area (Å²) < 4.78 is 10.2. The van der Waals surface area contributed by atoms with Crippen molar-refractivity contribution in [3.8, 4) is 5.75 Å². The quantitative estimate of drug-likeness (QED) is 0.478. The summed E-state index contributed by atoms with van der Waals surface area (Å²) >= 11 is 0. The molecule has 1 unspecified atom stereocenters. The second kappa shape index (κ2) is 11.0. The fourth-order valence-corrected chi connectivity index (χ4v) is 4.20. The smallest absolute Gasteiger partial charge is 0.330 e. The Morgan fingerprint density at radius 1 is 1.20 bits per heavy atom. The van der Waals surface area contributed by atoms with Crippen molar-refractivity contribution in [1.82, 2.24) is 4.90 Å². The van der Waals surface area contributed by atoms with Gasteiger partial charge < -0.3 is 14.6 Å². The van der Waals surface area contributed by atoms with Crippen molar-refractivity contribution in [3.05, 3.63) is 70.8 Å². The summed E-state index contributed by atoms with van der Waals surface area (Å²) in [6.07, 6.45) is 7.00. The van der Waals surface area contributed by atoms with Gasteiger partial charge in [-0.25, -0.2) is 4.79 Å². The zero-order valence-corrected chi connectivity index (χ0v) is 17.8. The van der Waals surface area contributed by atoms with Crippen molar-refractivity contribution >= 4 is 12.0 Å². The summed E-state index contributed by atoms with van der Waals surface area (Å²) in [5, 5.41) is 9.39. The molecule has 0 radical (unpaired) electrons. The van der Waals surface area contributed by atoms with Crippen LogP contribution in [0, 0.1) is 0 Å². The Bertz CT molecular complexity index is 877. The van der Waals surface area contributed by atoms with Crippen LogP contribution >= 0.6 is 0 Å². The minimum absolute atomic E-state index is 0.196. The molecule has 30 heavy (non-hydrogen) atoms. The minimum atomic E-state index is -0.347. The normalized spacial score (nSPS) is 15.5. The van der Waals surface area contributed by atoms with E-state index in [4.69, 9.17) is 4.74 Å². The molecule has 3 rings (SSSR count). The maximum absolute atomic E-state index is 11.4. The lowest BCUT2D eigenvalue weighted by Gasteiger charge is -2.30. The molecule has 1 aliphatic carbocycles. The number of aliphatic hydroxyl groups is 1. The van der Waals surface area contributed by atoms with E-state index in [1.165, 1.54) is 29.9 Å². The molecule has 0 aliphatic heterocycles. The van der Waals surface area contributed by atoms with Gasteiger partial charge >= 0.3 is 5.97 Å². The van der Waals surface area contributed by atoms with Crippen LogP contribution in [0.25, 0.3) is 6.08 Å². The Morgan fingerprint density at radius 2 is 2.03 bits per heavy atom. The van der Waals surface area contributed by atoms with Crippen molar-refractivity contribution in [2.75, 3.05) is 33.9 Å². The van der Waals surface area contributed by atoms with Crippen molar-refractivity contribution in [2.45, 2.75) is 31.7 Å². The number of esters is 1. The lowest BCUT2D eigenvalue weighted by molar-refractivity contribution is -0.134. The zero-order chi connectivity index (χ0) is 21.3. The topological polar surface area (TPSA) is 59.0 Å². The molecule has 0 aromatic heterocycles. The van der Waals surface area contributed by atoms with Crippen LogP contribution in [0.4, 0.5) is 0 Å². The average Bonchev–Trinajstić information content (AvgIpc) is 3.20. The lowest BCUT2D eigenvalue weighted by atomic mass is 10.0. The number of aryl methyl sites for hydroxylation is 1. The van der Waals surface area contributed by atoms with Gasteiger partial charge in [-0.05, 0) is 60.1 Å². The summed E-state index contributed by atoms with van der Waals surface area (Å²) in [5.41, 5.74) is 4.90. The van der Waals surface area contributed by atoms with Crippen LogP contribution in [0.1, 0.15) is 41.1 Å². The van der Waals surface area contributed by atoms with Gasteiger partial charge in [-0.3, -0.25) is 4.90 Å². The van der Waals surface area contributed by atoms with E-state index in [1.54, 1.807) is 13.2 Å². The van der Waals surface area contributed by atoms with Gasteiger partial charge in [0.25, 0.3) is 0 Å². The average molecular weight is 410 g/mol. The summed E-state index contributed by atoms with van der Waals surface area (Å²) in [6.45, 7) is 1.97. The standard InChI is InChI=1S/C25H31NO4/c1-29-24-7-4-3-6-20(24)14-16-26(15-5-17-27)23-12-10-21-18-19(8-11-22(21)23)9-13-25(28)30-2/h3-4,6-9,11,13,18,23,27H,5,10,12,14-17H2,1-2H3. The first-order valence-corrected chi connectivity index (χ1v) is 10.5. The number of carbonyl (C=O) groups is 1. The van der Waals surface area contributed by atoms with Crippen molar-refractivity contribution in [3.63, 3.8) is 0 Å². The Hall–Kier alpha value is -2.63. The number of carbonyl (C=O) groups excluding carboxylic acids is 1. The van der Waals surface area contributed by atoms with E-state index in [2.05, 4.69) is 33.9 Å². The molecule has 0 saturated carbocycles. The van der Waals surface area contributed by atoms with E-state index in [0.29, 0.717) is 6.04 Å². The molecule has 0 heterocycles. The van der Waals surface area contributed by atoms with Gasteiger partial charge in [0.2, 0.25) is 0 Å². The second-order valence-electron chi connectivity index (χ2n) is 7.54. The van der Waals surface area contributed by atoms with Gasteiger partial charge in [-0.1, -0.05) is 36.4 Å². The molecule has 5 nitrogen and oxygen atoms in total. The van der Waals surface area contributed by atoms with E-state index in [-0.39, 0.29) is 12.6 Å². The Morgan fingerprint density at radius 3 is 2.80 bits per heavy atom. The largest absolute Gasteiger partial charge is 0.496 e. The maximum Gasteiger partial charge on any atom is 0.330 e. The van der Waals surface area contributed by atoms with Crippen LogP contribution in [0.15, 0.2) is 48.5 Å². The highest BCUT2D eigenvalue weighted by atomic mass is 16.5. The number of nitrogens with zero attached hydrogens (tertiary/aromatic N) is 1. The number of aliphatic hydroxyl groups excluding tert-OH is 1. The Balaban J connectivity index is 1.74. The molecule has 0 saturated heterocycles. The molecular formula is C25H31NO4. The molecule has 5 heteroatoms. The van der Waals surface area contributed by atoms with Crippen LogP contribution in [0.5, 0.6) is 5.75 Å². The summed E-state index contributed by atoms with van der Waals surface area (Å²) in [6, 6.07) is 14.9. The maximum atomic E-state index is 11.4.